The molecule has 1 atom stereocenters. The van der Waals surface area contributed by atoms with Crippen molar-refractivity contribution in [3.8, 4) is 0 Å². The van der Waals surface area contributed by atoms with Crippen molar-refractivity contribution in [2.45, 2.75) is 26.4 Å². The van der Waals surface area contributed by atoms with Crippen molar-refractivity contribution in [1.82, 2.24) is 14.8 Å². The van der Waals surface area contributed by atoms with Gasteiger partial charge in [0.15, 0.2) is 0 Å². The number of hydrogen-bond acceptors (Lipinski definition) is 4. The van der Waals surface area contributed by atoms with Crippen LogP contribution in [0.4, 0.5) is 0 Å². The summed E-state index contributed by atoms with van der Waals surface area (Å²) in [6, 6.07) is 5.17. The third-order valence-electron chi connectivity index (χ3n) is 4.01. The van der Waals surface area contributed by atoms with Crippen LogP contribution in [0.25, 0.3) is 0 Å². The molecular weight excluding hydrogens is 282 g/mol. The Morgan fingerprint density at radius 1 is 1.32 bits per heavy atom. The van der Waals surface area contributed by atoms with E-state index in [4.69, 9.17) is 4.74 Å². The number of nitrogens with one attached hydrogen (secondary N) is 1. The minimum absolute atomic E-state index is 0.0631. The number of aromatic nitrogens is 1. The molecular formula is C16H25N3O3. The van der Waals surface area contributed by atoms with E-state index in [1.54, 1.807) is 18.3 Å². The summed E-state index contributed by atoms with van der Waals surface area (Å²) in [6.45, 7) is 8.27. The van der Waals surface area contributed by atoms with Crippen molar-refractivity contribution in [3.63, 3.8) is 0 Å². The highest BCUT2D eigenvalue weighted by molar-refractivity contribution is 5.75. The van der Waals surface area contributed by atoms with Gasteiger partial charge in [0.05, 0.1) is 13.2 Å². The maximum Gasteiger partial charge on any atom is 0.250 e. The van der Waals surface area contributed by atoms with E-state index in [0.717, 1.165) is 26.3 Å². The van der Waals surface area contributed by atoms with E-state index >= 15 is 0 Å². The predicted molar refractivity (Wildman–Crippen MR) is 84.7 cm³/mol. The molecule has 0 spiro atoms. The number of carbonyl (C=O) groups excluding carboxylic acids is 1. The second-order valence-corrected chi connectivity index (χ2v) is 5.93. The molecule has 122 valence electrons. The molecule has 1 N–H and O–H groups in total. The predicted octanol–water partition coefficient (Wildman–Crippen LogP) is 0.321. The number of carbonyl (C=O) groups is 1. The fourth-order valence-corrected chi connectivity index (χ4v) is 2.72. The SMILES string of the molecule is CC(C)C(CNC(=O)Cn1ccccc1=O)N1CCOCC1. The summed E-state index contributed by atoms with van der Waals surface area (Å²) in [6.07, 6.45) is 1.63. The molecule has 1 aromatic rings. The lowest BCUT2D eigenvalue weighted by Crippen LogP contribution is -2.51. The molecule has 0 bridgehead atoms. The molecule has 2 heterocycles. The first-order valence-electron chi connectivity index (χ1n) is 7.82. The van der Waals surface area contributed by atoms with Crippen LogP contribution < -0.4 is 10.9 Å². The monoisotopic (exact) mass is 307 g/mol. The quantitative estimate of drug-likeness (QED) is 0.822. The number of nitrogens with zero attached hydrogens (tertiary/aromatic N) is 2. The first-order valence-corrected chi connectivity index (χ1v) is 7.82. The van der Waals surface area contributed by atoms with E-state index in [1.807, 2.05) is 0 Å². The summed E-state index contributed by atoms with van der Waals surface area (Å²) in [5, 5.41) is 2.96. The van der Waals surface area contributed by atoms with Crippen LogP contribution in [0.5, 0.6) is 0 Å². The Kier molecular flexibility index (Phi) is 6.15. The van der Waals surface area contributed by atoms with Crippen molar-refractivity contribution in [1.29, 1.82) is 0 Å². The molecule has 1 aliphatic heterocycles. The van der Waals surface area contributed by atoms with E-state index in [1.165, 1.54) is 10.6 Å². The third-order valence-corrected chi connectivity index (χ3v) is 4.01. The Morgan fingerprint density at radius 3 is 2.68 bits per heavy atom. The normalized spacial score (nSPS) is 17.4. The molecule has 6 heteroatoms. The lowest BCUT2D eigenvalue weighted by molar-refractivity contribution is -0.122. The van der Waals surface area contributed by atoms with Gasteiger partial charge in [0.25, 0.3) is 5.56 Å². The maximum atomic E-state index is 12.1. The highest BCUT2D eigenvalue weighted by Crippen LogP contribution is 2.12. The Bertz CT molecular complexity index is 535. The number of hydrogen-bond donors (Lipinski definition) is 1. The summed E-state index contributed by atoms with van der Waals surface area (Å²) in [5.41, 5.74) is -0.161. The molecule has 22 heavy (non-hydrogen) atoms. The van der Waals surface area contributed by atoms with Crippen LogP contribution in [0.1, 0.15) is 13.8 Å². The molecule has 2 rings (SSSR count). The van der Waals surface area contributed by atoms with Crippen LogP contribution in [0.15, 0.2) is 29.2 Å². The van der Waals surface area contributed by atoms with Gasteiger partial charge < -0.3 is 14.6 Å². The van der Waals surface area contributed by atoms with E-state index < -0.39 is 0 Å². The third kappa shape index (κ3) is 4.68. The van der Waals surface area contributed by atoms with Crippen LogP contribution in [0, 0.1) is 5.92 Å². The molecule has 0 aromatic carbocycles. The summed E-state index contributed by atoms with van der Waals surface area (Å²) < 4.78 is 6.79. The average Bonchev–Trinajstić information content (AvgIpc) is 2.50. The van der Waals surface area contributed by atoms with Crippen LogP contribution in [0.3, 0.4) is 0 Å². The summed E-state index contributed by atoms with van der Waals surface area (Å²) in [4.78, 5) is 26.0. The van der Waals surface area contributed by atoms with Crippen molar-refractivity contribution in [2.24, 2.45) is 5.92 Å². The van der Waals surface area contributed by atoms with Crippen molar-refractivity contribution < 1.29 is 9.53 Å². The number of pyridine rings is 1. The largest absolute Gasteiger partial charge is 0.379 e. The summed E-state index contributed by atoms with van der Waals surface area (Å²) >= 11 is 0. The second-order valence-electron chi connectivity index (χ2n) is 5.93. The van der Waals surface area contributed by atoms with E-state index in [2.05, 4.69) is 24.1 Å². The minimum atomic E-state index is -0.161. The molecule has 6 nitrogen and oxygen atoms in total. The van der Waals surface area contributed by atoms with Crippen molar-refractivity contribution >= 4 is 5.91 Å². The van der Waals surface area contributed by atoms with Crippen molar-refractivity contribution in [2.75, 3.05) is 32.8 Å². The highest BCUT2D eigenvalue weighted by Gasteiger charge is 2.24. The molecule has 1 aromatic heterocycles. The van der Waals surface area contributed by atoms with E-state index in [-0.39, 0.29) is 18.0 Å². The topological polar surface area (TPSA) is 63.6 Å². The zero-order valence-electron chi connectivity index (χ0n) is 13.3. The number of amides is 1. The van der Waals surface area contributed by atoms with Crippen LogP contribution >= 0.6 is 0 Å². The fraction of sp³-hybridized carbons (Fsp3) is 0.625. The second kappa shape index (κ2) is 8.10. The average molecular weight is 307 g/mol. The fourth-order valence-electron chi connectivity index (χ4n) is 2.72. The van der Waals surface area contributed by atoms with Gasteiger partial charge in [-0.2, -0.15) is 0 Å². The highest BCUT2D eigenvalue weighted by atomic mass is 16.5. The Labute approximate surface area is 131 Å². The van der Waals surface area contributed by atoms with Gasteiger partial charge in [-0.15, -0.1) is 0 Å². The van der Waals surface area contributed by atoms with Crippen LogP contribution in [-0.2, 0) is 16.1 Å². The van der Waals surface area contributed by atoms with Gasteiger partial charge >= 0.3 is 0 Å². The minimum Gasteiger partial charge on any atom is -0.379 e. The van der Waals surface area contributed by atoms with Gasteiger partial charge in [-0.25, -0.2) is 0 Å². The molecule has 1 aliphatic rings. The molecule has 1 unspecified atom stereocenters. The van der Waals surface area contributed by atoms with Gasteiger partial charge in [-0.1, -0.05) is 19.9 Å². The van der Waals surface area contributed by atoms with E-state index in [9.17, 15) is 9.59 Å². The van der Waals surface area contributed by atoms with Gasteiger partial charge in [-0.05, 0) is 12.0 Å². The number of morpholine rings is 1. The molecule has 1 fully saturated rings. The lowest BCUT2D eigenvalue weighted by Gasteiger charge is -2.36. The molecule has 0 saturated carbocycles. The number of ether oxygens (including phenoxy) is 1. The molecule has 0 radical (unpaired) electrons. The lowest BCUT2D eigenvalue weighted by atomic mass is 10.0. The Morgan fingerprint density at radius 2 is 2.05 bits per heavy atom. The van der Waals surface area contributed by atoms with Crippen LogP contribution in [0.2, 0.25) is 0 Å². The van der Waals surface area contributed by atoms with Gasteiger partial charge in [0, 0.05) is 37.9 Å². The van der Waals surface area contributed by atoms with E-state index in [0.29, 0.717) is 18.5 Å². The maximum absolute atomic E-state index is 12.1. The Hall–Kier alpha value is -1.66. The first-order chi connectivity index (χ1) is 10.6. The smallest absolute Gasteiger partial charge is 0.250 e. The first kappa shape index (κ1) is 16.7. The van der Waals surface area contributed by atoms with Gasteiger partial charge in [0.1, 0.15) is 6.54 Å². The standard InChI is InChI=1S/C16H25N3O3/c1-13(2)14(18-7-9-22-10-8-18)11-17-15(20)12-19-6-4-3-5-16(19)21/h3-6,13-14H,7-12H2,1-2H3,(H,17,20). The summed E-state index contributed by atoms with van der Waals surface area (Å²) in [5.74, 6) is 0.310. The molecule has 1 amide bonds. The number of rotatable bonds is 6. The molecule has 0 aliphatic carbocycles. The van der Waals surface area contributed by atoms with Crippen molar-refractivity contribution in [3.05, 3.63) is 34.7 Å². The van der Waals surface area contributed by atoms with Crippen LogP contribution in [-0.4, -0.2) is 54.3 Å². The van der Waals surface area contributed by atoms with Gasteiger partial charge in [-0.3, -0.25) is 14.5 Å². The molecule has 1 saturated heterocycles. The zero-order valence-corrected chi connectivity index (χ0v) is 13.3. The summed E-state index contributed by atoms with van der Waals surface area (Å²) in [7, 11) is 0. The zero-order chi connectivity index (χ0) is 15.9. The Balaban J connectivity index is 1.87. The van der Waals surface area contributed by atoms with Gasteiger partial charge in [0.2, 0.25) is 5.91 Å².